The molecule has 0 aliphatic rings. The summed E-state index contributed by atoms with van der Waals surface area (Å²) in [6.07, 6.45) is 5.54. The van der Waals surface area contributed by atoms with Gasteiger partial charge in [0.15, 0.2) is 12.4 Å². The molecule has 1 aromatic carbocycles. The first-order chi connectivity index (χ1) is 9.17. The molecule has 2 aromatic rings. The van der Waals surface area contributed by atoms with Crippen LogP contribution in [0.15, 0.2) is 47.0 Å². The van der Waals surface area contributed by atoms with Crippen molar-refractivity contribution in [1.82, 2.24) is 0 Å². The van der Waals surface area contributed by atoms with Crippen LogP contribution in [0.3, 0.4) is 0 Å². The number of esters is 1. The fourth-order valence-corrected chi connectivity index (χ4v) is 2.33. The van der Waals surface area contributed by atoms with Crippen molar-refractivity contribution >= 4 is 46.8 Å². The molecule has 0 aliphatic carbocycles. The number of aromatic nitrogens is 1. The minimum Gasteiger partial charge on any atom is -0.766 e. The van der Waals surface area contributed by atoms with E-state index in [1.54, 1.807) is 4.57 Å². The van der Waals surface area contributed by atoms with Crippen LogP contribution in [0.1, 0.15) is 0 Å². The summed E-state index contributed by atoms with van der Waals surface area (Å²) >= 11 is 6.58. The second kappa shape index (κ2) is 6.04. The molecule has 1 aromatic heterocycles. The number of carbonyl (C=O) groups excluding carboxylic acids is 1. The molecule has 2 rings (SSSR count). The molecule has 0 bridgehead atoms. The summed E-state index contributed by atoms with van der Waals surface area (Å²) in [6.45, 7) is 0. The zero-order valence-corrected chi connectivity index (χ0v) is 12.3. The standard InChI is InChI=1S/C14H13NO2S2/c1-17-13(16)12(14(18)19-2)15-8-7-10-5-3-4-6-11(10)9-15/h3-9H,1-2H3. The molecule has 0 spiro atoms. The monoisotopic (exact) mass is 291 g/mol. The molecule has 5 heteroatoms. The highest BCUT2D eigenvalue weighted by molar-refractivity contribution is 8.10. The molecule has 0 saturated heterocycles. The first kappa shape index (κ1) is 13.8. The van der Waals surface area contributed by atoms with Crippen LogP contribution in [0.4, 0.5) is 0 Å². The molecule has 98 valence electrons. The number of fused-ring (bicyclic) bond motifs is 1. The maximum absolute atomic E-state index is 11.9. The number of hydrogen-bond donors (Lipinski definition) is 0. The third-order valence-electron chi connectivity index (χ3n) is 2.70. The van der Waals surface area contributed by atoms with E-state index in [4.69, 9.17) is 17.4 Å². The number of thioether (sulfide) groups is 1. The number of ether oxygens (including phenoxy) is 1. The SMILES string of the molecule is COC(=O)/C(=C(/[S-])SC)[n+]1ccc2ccccc2c1. The summed E-state index contributed by atoms with van der Waals surface area (Å²) < 4.78 is 7.03. The Labute approximate surface area is 121 Å². The lowest BCUT2D eigenvalue weighted by atomic mass is 10.2. The first-order valence-corrected chi connectivity index (χ1v) is 7.24. The summed E-state index contributed by atoms with van der Waals surface area (Å²) in [6, 6.07) is 9.88. The van der Waals surface area contributed by atoms with Gasteiger partial charge >= 0.3 is 5.97 Å². The van der Waals surface area contributed by atoms with Crippen LogP contribution in [0.2, 0.25) is 0 Å². The molecule has 0 saturated carbocycles. The predicted octanol–water partition coefficient (Wildman–Crippen LogP) is 2.34. The largest absolute Gasteiger partial charge is 0.766 e. The van der Waals surface area contributed by atoms with E-state index >= 15 is 0 Å². The highest BCUT2D eigenvalue weighted by atomic mass is 32.2. The molecular weight excluding hydrogens is 278 g/mol. The summed E-state index contributed by atoms with van der Waals surface area (Å²) in [5.74, 6) is -0.431. The predicted molar refractivity (Wildman–Crippen MR) is 80.3 cm³/mol. The van der Waals surface area contributed by atoms with E-state index in [-0.39, 0.29) is 0 Å². The van der Waals surface area contributed by atoms with Crippen LogP contribution in [-0.2, 0) is 22.2 Å². The van der Waals surface area contributed by atoms with Gasteiger partial charge in [-0.2, -0.15) is 16.3 Å². The maximum atomic E-state index is 11.9. The molecule has 19 heavy (non-hydrogen) atoms. The van der Waals surface area contributed by atoms with Gasteiger partial charge in [-0.1, -0.05) is 22.4 Å². The number of rotatable bonds is 3. The van der Waals surface area contributed by atoms with Gasteiger partial charge in [0.1, 0.15) is 0 Å². The zero-order chi connectivity index (χ0) is 13.8. The van der Waals surface area contributed by atoms with Crippen molar-refractivity contribution in [3.63, 3.8) is 0 Å². The van der Waals surface area contributed by atoms with E-state index in [1.165, 1.54) is 18.9 Å². The highest BCUT2D eigenvalue weighted by Gasteiger charge is 2.21. The van der Waals surface area contributed by atoms with Crippen LogP contribution in [0.5, 0.6) is 0 Å². The van der Waals surface area contributed by atoms with Crippen LogP contribution in [0.25, 0.3) is 16.5 Å². The Kier molecular flexibility index (Phi) is 4.39. The zero-order valence-electron chi connectivity index (χ0n) is 10.6. The van der Waals surface area contributed by atoms with Gasteiger partial charge < -0.3 is 17.4 Å². The van der Waals surface area contributed by atoms with E-state index in [0.29, 0.717) is 9.93 Å². The molecule has 0 unspecified atom stereocenters. The van der Waals surface area contributed by atoms with Crippen LogP contribution in [0, 0.1) is 0 Å². The molecule has 3 nitrogen and oxygen atoms in total. The number of pyridine rings is 1. The van der Waals surface area contributed by atoms with Gasteiger partial charge in [-0.25, -0.2) is 4.79 Å². The first-order valence-electron chi connectivity index (χ1n) is 5.61. The fraction of sp³-hybridized carbons (Fsp3) is 0.143. The Morgan fingerprint density at radius 2 is 1.95 bits per heavy atom. The van der Waals surface area contributed by atoms with E-state index < -0.39 is 5.97 Å². The minimum atomic E-state index is -0.431. The van der Waals surface area contributed by atoms with Crippen LogP contribution >= 0.6 is 11.8 Å². The second-order valence-corrected chi connectivity index (χ2v) is 5.30. The van der Waals surface area contributed by atoms with E-state index in [2.05, 4.69) is 0 Å². The lowest BCUT2D eigenvalue weighted by Gasteiger charge is -2.11. The van der Waals surface area contributed by atoms with E-state index in [1.807, 2.05) is 49.0 Å². The van der Waals surface area contributed by atoms with Gasteiger partial charge in [-0.05, 0) is 17.7 Å². The van der Waals surface area contributed by atoms with Gasteiger partial charge in [0.25, 0.3) is 5.70 Å². The quantitative estimate of drug-likeness (QED) is 0.376. The molecule has 0 fully saturated rings. The van der Waals surface area contributed by atoms with Gasteiger partial charge in [-0.15, -0.1) is 0 Å². The van der Waals surface area contributed by atoms with Crippen LogP contribution < -0.4 is 4.57 Å². The lowest BCUT2D eigenvalue weighted by Crippen LogP contribution is -2.37. The van der Waals surface area contributed by atoms with Crippen molar-refractivity contribution in [1.29, 1.82) is 0 Å². The van der Waals surface area contributed by atoms with Crippen molar-refractivity contribution < 1.29 is 14.1 Å². The average molecular weight is 291 g/mol. The van der Waals surface area contributed by atoms with E-state index in [9.17, 15) is 4.79 Å². The third-order valence-corrected chi connectivity index (χ3v) is 3.96. The van der Waals surface area contributed by atoms with Gasteiger partial charge in [0.05, 0.1) is 7.11 Å². The second-order valence-electron chi connectivity index (χ2n) is 3.81. The Hall–Kier alpha value is -1.59. The number of benzene rings is 1. The van der Waals surface area contributed by atoms with Gasteiger partial charge in [0.2, 0.25) is 0 Å². The topological polar surface area (TPSA) is 30.2 Å². The van der Waals surface area contributed by atoms with E-state index in [0.717, 1.165) is 10.8 Å². The molecule has 0 radical (unpaired) electrons. The third kappa shape index (κ3) is 2.88. The average Bonchev–Trinajstić information content (AvgIpc) is 2.46. The molecule has 0 amide bonds. The normalized spacial score (nSPS) is 12.1. The Morgan fingerprint density at radius 1 is 1.26 bits per heavy atom. The molecule has 0 N–H and O–H groups in total. The summed E-state index contributed by atoms with van der Waals surface area (Å²) in [5.41, 5.74) is 0.371. The minimum absolute atomic E-state index is 0.371. The Bertz CT molecular complexity index is 653. The van der Waals surface area contributed by atoms with Crippen molar-refractivity contribution in [2.75, 3.05) is 13.4 Å². The number of nitrogens with zero attached hydrogens (tertiary/aromatic N) is 1. The summed E-state index contributed by atoms with van der Waals surface area (Å²) in [4.78, 5) is 11.9. The number of carbonyl (C=O) groups is 1. The smallest absolute Gasteiger partial charge is 0.402 e. The highest BCUT2D eigenvalue weighted by Crippen LogP contribution is 2.17. The summed E-state index contributed by atoms with van der Waals surface area (Å²) in [5, 5.41) is 2.15. The number of methoxy groups -OCH3 is 1. The fourth-order valence-electron chi connectivity index (χ4n) is 1.76. The van der Waals surface area contributed by atoms with Crippen molar-refractivity contribution in [2.45, 2.75) is 0 Å². The summed E-state index contributed by atoms with van der Waals surface area (Å²) in [7, 11) is 1.35. The Balaban J connectivity index is 2.60. The van der Waals surface area contributed by atoms with Crippen molar-refractivity contribution in [2.24, 2.45) is 0 Å². The van der Waals surface area contributed by atoms with Gasteiger partial charge in [-0.3, -0.25) is 0 Å². The van der Waals surface area contributed by atoms with Crippen LogP contribution in [-0.4, -0.2) is 19.3 Å². The molecule has 0 atom stereocenters. The van der Waals surface area contributed by atoms with Gasteiger partial charge in [0, 0.05) is 11.5 Å². The van der Waals surface area contributed by atoms with Crippen molar-refractivity contribution in [3.05, 3.63) is 47.0 Å². The molecule has 1 heterocycles. The Morgan fingerprint density at radius 3 is 2.58 bits per heavy atom. The molecule has 0 aliphatic heterocycles. The number of hydrogen-bond acceptors (Lipinski definition) is 4. The maximum Gasteiger partial charge on any atom is 0.402 e. The molecular formula is C14H13NO2S2. The van der Waals surface area contributed by atoms with Crippen molar-refractivity contribution in [3.8, 4) is 0 Å². The lowest BCUT2D eigenvalue weighted by molar-refractivity contribution is -0.576.